The topological polar surface area (TPSA) is 102 Å². The number of nitrogens with one attached hydrogen (secondary N) is 1. The first kappa shape index (κ1) is 18.4. The van der Waals surface area contributed by atoms with E-state index in [4.69, 9.17) is 4.74 Å². The van der Waals surface area contributed by atoms with Gasteiger partial charge in [-0.3, -0.25) is 19.7 Å². The average Bonchev–Trinajstić information content (AvgIpc) is 3.05. The van der Waals surface area contributed by atoms with Crippen molar-refractivity contribution in [3.8, 4) is 5.75 Å². The van der Waals surface area contributed by atoms with Crippen LogP contribution in [0.5, 0.6) is 5.75 Å². The second-order valence-corrected chi connectivity index (χ2v) is 6.35. The molecule has 0 spiro atoms. The molecule has 0 saturated carbocycles. The second kappa shape index (κ2) is 7.45. The number of methoxy groups -OCH3 is 1. The van der Waals surface area contributed by atoms with E-state index < -0.39 is 10.8 Å². The van der Waals surface area contributed by atoms with Crippen LogP contribution >= 0.6 is 0 Å². The Hall–Kier alpha value is -3.42. The molecule has 1 aliphatic rings. The molecule has 27 heavy (non-hydrogen) atoms. The monoisotopic (exact) mass is 369 g/mol. The minimum absolute atomic E-state index is 0.0891. The first-order valence-corrected chi connectivity index (χ1v) is 8.39. The molecule has 2 aromatic carbocycles. The highest BCUT2D eigenvalue weighted by atomic mass is 16.6. The van der Waals surface area contributed by atoms with Gasteiger partial charge in [0.15, 0.2) is 0 Å². The number of hydrogen-bond acceptors (Lipinski definition) is 5. The van der Waals surface area contributed by atoms with E-state index in [0.29, 0.717) is 22.7 Å². The van der Waals surface area contributed by atoms with Crippen LogP contribution in [0.2, 0.25) is 0 Å². The zero-order chi connectivity index (χ0) is 19.6. The number of carbonyl (C=O) groups excluding carboxylic acids is 2. The first-order chi connectivity index (χ1) is 12.9. The highest BCUT2D eigenvalue weighted by molar-refractivity contribution is 6.03. The number of aryl methyl sites for hydroxylation is 1. The molecule has 3 rings (SSSR count). The number of nitro groups is 1. The van der Waals surface area contributed by atoms with Crippen molar-refractivity contribution in [1.82, 2.24) is 0 Å². The minimum atomic E-state index is -0.529. The number of benzene rings is 2. The lowest BCUT2D eigenvalue weighted by atomic mass is 10.1. The number of non-ortho nitro benzene ring substituents is 1. The minimum Gasteiger partial charge on any atom is -0.497 e. The third-order valence-electron chi connectivity index (χ3n) is 4.57. The SMILES string of the molecule is COc1ccc(N2C[C@H](C(=O)Nc3cc([N+](=O)[O-])ccc3C)CC2=O)cc1. The fourth-order valence-electron chi connectivity index (χ4n) is 2.99. The lowest BCUT2D eigenvalue weighted by Crippen LogP contribution is -2.28. The van der Waals surface area contributed by atoms with Crippen LogP contribution in [-0.4, -0.2) is 30.4 Å². The van der Waals surface area contributed by atoms with E-state index in [1.807, 2.05) is 0 Å². The van der Waals surface area contributed by atoms with Crippen molar-refractivity contribution >= 4 is 28.9 Å². The lowest BCUT2D eigenvalue weighted by molar-refractivity contribution is -0.384. The molecule has 1 aliphatic heterocycles. The molecule has 8 nitrogen and oxygen atoms in total. The van der Waals surface area contributed by atoms with E-state index in [1.54, 1.807) is 49.3 Å². The maximum atomic E-state index is 12.6. The summed E-state index contributed by atoms with van der Waals surface area (Å²) >= 11 is 0. The van der Waals surface area contributed by atoms with Gasteiger partial charge < -0.3 is 15.0 Å². The lowest BCUT2D eigenvalue weighted by Gasteiger charge is -2.17. The summed E-state index contributed by atoms with van der Waals surface area (Å²) in [5.74, 6) is -0.321. The molecular weight excluding hydrogens is 350 g/mol. The predicted molar refractivity (Wildman–Crippen MR) is 99.9 cm³/mol. The van der Waals surface area contributed by atoms with Crippen LogP contribution in [0, 0.1) is 23.0 Å². The summed E-state index contributed by atoms with van der Waals surface area (Å²) < 4.78 is 5.11. The summed E-state index contributed by atoms with van der Waals surface area (Å²) in [5.41, 5.74) is 1.69. The van der Waals surface area contributed by atoms with Crippen molar-refractivity contribution in [2.45, 2.75) is 13.3 Å². The van der Waals surface area contributed by atoms with Crippen LogP contribution in [0.1, 0.15) is 12.0 Å². The maximum Gasteiger partial charge on any atom is 0.271 e. The van der Waals surface area contributed by atoms with Gasteiger partial charge in [0.25, 0.3) is 5.69 Å². The molecule has 2 amide bonds. The number of amides is 2. The summed E-state index contributed by atoms with van der Waals surface area (Å²) in [6.07, 6.45) is 0.0891. The van der Waals surface area contributed by atoms with Gasteiger partial charge in [0.1, 0.15) is 5.75 Å². The normalized spacial score (nSPS) is 16.3. The Labute approximate surface area is 155 Å². The molecule has 8 heteroatoms. The summed E-state index contributed by atoms with van der Waals surface area (Å²) in [5, 5.41) is 13.6. The van der Waals surface area contributed by atoms with Crippen LogP contribution in [0.15, 0.2) is 42.5 Å². The van der Waals surface area contributed by atoms with E-state index in [2.05, 4.69) is 5.32 Å². The number of nitrogens with zero attached hydrogens (tertiary/aromatic N) is 2. The fraction of sp³-hybridized carbons (Fsp3) is 0.263. The molecule has 1 heterocycles. The smallest absolute Gasteiger partial charge is 0.271 e. The van der Waals surface area contributed by atoms with Gasteiger partial charge in [0.2, 0.25) is 11.8 Å². The van der Waals surface area contributed by atoms with Gasteiger partial charge in [-0.1, -0.05) is 6.07 Å². The van der Waals surface area contributed by atoms with Crippen molar-refractivity contribution in [3.63, 3.8) is 0 Å². The Balaban J connectivity index is 1.72. The molecule has 0 aromatic heterocycles. The molecule has 1 N–H and O–H groups in total. The molecule has 0 aliphatic carbocycles. The molecular formula is C19H19N3O5. The Morgan fingerprint density at radius 1 is 1.26 bits per heavy atom. The van der Waals surface area contributed by atoms with Gasteiger partial charge in [-0.25, -0.2) is 0 Å². The molecule has 2 aromatic rings. The Morgan fingerprint density at radius 3 is 2.59 bits per heavy atom. The fourth-order valence-corrected chi connectivity index (χ4v) is 2.99. The van der Waals surface area contributed by atoms with Crippen molar-refractivity contribution in [2.75, 3.05) is 23.9 Å². The van der Waals surface area contributed by atoms with Gasteiger partial charge in [0.05, 0.1) is 23.6 Å². The highest BCUT2D eigenvalue weighted by Crippen LogP contribution is 2.28. The molecule has 140 valence electrons. The average molecular weight is 369 g/mol. The van der Waals surface area contributed by atoms with E-state index in [9.17, 15) is 19.7 Å². The van der Waals surface area contributed by atoms with Crippen molar-refractivity contribution in [1.29, 1.82) is 0 Å². The van der Waals surface area contributed by atoms with Gasteiger partial charge in [-0.2, -0.15) is 0 Å². The van der Waals surface area contributed by atoms with Gasteiger partial charge in [0, 0.05) is 30.8 Å². The van der Waals surface area contributed by atoms with E-state index in [-0.39, 0.29) is 30.5 Å². The van der Waals surface area contributed by atoms with Crippen LogP contribution in [0.3, 0.4) is 0 Å². The van der Waals surface area contributed by atoms with Crippen LogP contribution < -0.4 is 15.0 Å². The Morgan fingerprint density at radius 2 is 1.96 bits per heavy atom. The molecule has 0 radical (unpaired) electrons. The van der Waals surface area contributed by atoms with Gasteiger partial charge in [-0.15, -0.1) is 0 Å². The molecule has 0 bridgehead atoms. The highest BCUT2D eigenvalue weighted by Gasteiger charge is 2.35. The number of carbonyl (C=O) groups is 2. The quantitative estimate of drug-likeness (QED) is 0.645. The summed E-state index contributed by atoms with van der Waals surface area (Å²) in [7, 11) is 1.56. The van der Waals surface area contributed by atoms with Crippen LogP contribution in [0.4, 0.5) is 17.1 Å². The number of rotatable bonds is 5. The second-order valence-electron chi connectivity index (χ2n) is 6.35. The first-order valence-electron chi connectivity index (χ1n) is 8.39. The Kier molecular flexibility index (Phi) is 5.07. The van der Waals surface area contributed by atoms with Crippen molar-refractivity contribution in [2.24, 2.45) is 5.92 Å². The van der Waals surface area contributed by atoms with Gasteiger partial charge >= 0.3 is 0 Å². The van der Waals surface area contributed by atoms with Crippen molar-refractivity contribution < 1.29 is 19.2 Å². The summed E-state index contributed by atoms with van der Waals surface area (Å²) in [6, 6.07) is 11.3. The molecule has 0 unspecified atom stereocenters. The largest absolute Gasteiger partial charge is 0.497 e. The Bertz CT molecular complexity index is 895. The molecule has 1 saturated heterocycles. The van der Waals surface area contributed by atoms with E-state index >= 15 is 0 Å². The zero-order valence-electron chi connectivity index (χ0n) is 15.0. The predicted octanol–water partition coefficient (Wildman–Crippen LogP) is 2.90. The van der Waals surface area contributed by atoms with Gasteiger partial charge in [-0.05, 0) is 36.8 Å². The number of hydrogen-bond donors (Lipinski definition) is 1. The van der Waals surface area contributed by atoms with Crippen LogP contribution in [-0.2, 0) is 9.59 Å². The third-order valence-corrected chi connectivity index (χ3v) is 4.57. The third kappa shape index (κ3) is 3.89. The maximum absolute atomic E-state index is 12.6. The number of nitro benzene ring substituents is 1. The standard InChI is InChI=1S/C19H19N3O5/c1-12-3-4-15(22(25)26)10-17(12)20-19(24)13-9-18(23)21(11-13)14-5-7-16(27-2)8-6-14/h3-8,10,13H,9,11H2,1-2H3,(H,20,24)/t13-/m1/s1. The molecule has 1 atom stereocenters. The molecule has 1 fully saturated rings. The number of anilines is 2. The van der Waals surface area contributed by atoms with E-state index in [1.165, 1.54) is 12.1 Å². The van der Waals surface area contributed by atoms with Crippen molar-refractivity contribution in [3.05, 3.63) is 58.1 Å². The summed E-state index contributed by atoms with van der Waals surface area (Å²) in [4.78, 5) is 36.9. The van der Waals surface area contributed by atoms with E-state index in [0.717, 1.165) is 0 Å². The van der Waals surface area contributed by atoms with Crippen LogP contribution in [0.25, 0.3) is 0 Å². The number of ether oxygens (including phenoxy) is 1. The zero-order valence-corrected chi connectivity index (χ0v) is 15.0. The summed E-state index contributed by atoms with van der Waals surface area (Å²) in [6.45, 7) is 2.01.